The SMILES string of the molecule is [2H]c1c([2H])c([2H])c(N(c2cc(-c3ccc(-n4c5ccccc5c5ccccc54)cc3)c3oc4ccccc4c3c2)c2c([2H])c([2H])c(-c3c([2H])c([2H])c4c([2H])c([2H])c([2H])c([2H])c4c3[2H])c([2H])c2[2H])c([2H])c1[2H]. The fourth-order valence-electron chi connectivity index (χ4n) is 7.32. The highest BCUT2D eigenvalue weighted by molar-refractivity contribution is 6.12. The molecule has 0 saturated heterocycles. The van der Waals surface area contributed by atoms with Gasteiger partial charge in [-0.25, -0.2) is 0 Å². The van der Waals surface area contributed by atoms with Gasteiger partial charge in [-0.1, -0.05) is 133 Å². The molecule has 258 valence electrons. The number of furan rings is 1. The Morgan fingerprint density at radius 1 is 0.455 bits per heavy atom. The maximum Gasteiger partial charge on any atom is 0.143 e. The van der Waals surface area contributed by atoms with Crippen LogP contribution >= 0.6 is 0 Å². The average Bonchev–Trinajstić information content (AvgIpc) is 3.93. The predicted molar refractivity (Wildman–Crippen MR) is 231 cm³/mol. The molecule has 0 aliphatic heterocycles. The van der Waals surface area contributed by atoms with Gasteiger partial charge in [0.25, 0.3) is 0 Å². The molecule has 11 aromatic rings. The quantitative estimate of drug-likeness (QED) is 0.171. The van der Waals surface area contributed by atoms with Crippen molar-refractivity contribution >= 4 is 71.6 Å². The normalized spacial score (nSPS) is 15.7. The van der Waals surface area contributed by atoms with E-state index in [0.29, 0.717) is 33.1 Å². The maximum absolute atomic E-state index is 9.63. The van der Waals surface area contributed by atoms with Crippen LogP contribution in [-0.4, -0.2) is 4.57 Å². The molecule has 2 aromatic heterocycles. The van der Waals surface area contributed by atoms with Crippen LogP contribution in [0.15, 0.2) is 210 Å². The van der Waals surface area contributed by atoms with Crippen molar-refractivity contribution < 1.29 is 26.3 Å². The van der Waals surface area contributed by atoms with Crippen molar-refractivity contribution in [2.24, 2.45) is 0 Å². The van der Waals surface area contributed by atoms with Crippen molar-refractivity contribution in [2.45, 2.75) is 0 Å². The summed E-state index contributed by atoms with van der Waals surface area (Å²) in [4.78, 5) is 1.08. The van der Waals surface area contributed by atoms with Gasteiger partial charge in [-0.05, 0) is 100 Å². The summed E-state index contributed by atoms with van der Waals surface area (Å²) in [6, 6.07) is 22.3. The van der Waals surface area contributed by atoms with E-state index in [2.05, 4.69) is 16.7 Å². The van der Waals surface area contributed by atoms with Crippen molar-refractivity contribution in [1.29, 1.82) is 0 Å². The minimum Gasteiger partial charge on any atom is -0.455 e. The lowest BCUT2D eigenvalue weighted by atomic mass is 9.99. The van der Waals surface area contributed by atoms with E-state index in [1.807, 2.05) is 66.7 Å². The second-order valence-corrected chi connectivity index (χ2v) is 12.9. The third-order valence-electron chi connectivity index (χ3n) is 9.78. The molecular weight excluding hydrogens is 669 g/mol. The zero-order valence-corrected chi connectivity index (χ0v) is 28.7. The predicted octanol–water partition coefficient (Wildman–Crippen LogP) is 14.6. The van der Waals surface area contributed by atoms with Crippen molar-refractivity contribution in [1.82, 2.24) is 4.57 Å². The molecule has 0 spiro atoms. The summed E-state index contributed by atoms with van der Waals surface area (Å²) < 4.78 is 152. The molecule has 0 radical (unpaired) electrons. The van der Waals surface area contributed by atoms with Gasteiger partial charge >= 0.3 is 0 Å². The van der Waals surface area contributed by atoms with E-state index < -0.39 is 130 Å². The molecule has 0 bridgehead atoms. The Bertz CT molecular complexity index is 4040. The summed E-state index contributed by atoms with van der Waals surface area (Å²) >= 11 is 0. The van der Waals surface area contributed by atoms with E-state index in [0.717, 1.165) is 32.4 Å². The standard InChI is InChI=1S/C52H34N2O/c1-2-14-40(15-3-1)53(41-28-24-36(25-29-41)39-23-22-35-12-4-5-13-38(35)32-39)43-33-47(52-48(34-43)46-18-8-11-21-51(46)55-52)37-26-30-42(31-27-37)54-49-19-9-6-16-44(49)45-17-7-10-20-50(45)54/h1-34H/i1D,2D,3D,4D,5D,12D,13D,14D,15D,22D,23D,24D,25D,28D,29D,32D. The van der Waals surface area contributed by atoms with Crippen LogP contribution in [0.5, 0.6) is 0 Å². The van der Waals surface area contributed by atoms with Gasteiger partial charge in [-0.2, -0.15) is 0 Å². The molecule has 0 unspecified atom stereocenters. The third-order valence-corrected chi connectivity index (χ3v) is 9.78. The fraction of sp³-hybridized carbons (Fsp3) is 0. The van der Waals surface area contributed by atoms with Gasteiger partial charge in [0.2, 0.25) is 0 Å². The Morgan fingerprint density at radius 2 is 1.07 bits per heavy atom. The zero-order chi connectivity index (χ0) is 50.2. The van der Waals surface area contributed by atoms with Gasteiger partial charge in [0.1, 0.15) is 11.2 Å². The average molecular weight is 719 g/mol. The summed E-state index contributed by atoms with van der Waals surface area (Å²) in [5.41, 5.74) is 2.61. The largest absolute Gasteiger partial charge is 0.455 e. The van der Waals surface area contributed by atoms with E-state index in [4.69, 9.17) is 16.8 Å². The second kappa shape index (κ2) is 12.6. The van der Waals surface area contributed by atoms with Crippen LogP contribution in [0.4, 0.5) is 17.1 Å². The van der Waals surface area contributed by atoms with Gasteiger partial charge < -0.3 is 13.9 Å². The molecule has 9 aromatic carbocycles. The number of nitrogens with zero attached hydrogens (tertiary/aromatic N) is 2. The molecule has 3 nitrogen and oxygen atoms in total. The van der Waals surface area contributed by atoms with Crippen LogP contribution in [0.3, 0.4) is 0 Å². The highest BCUT2D eigenvalue weighted by Crippen LogP contribution is 2.44. The molecule has 0 atom stereocenters. The molecule has 0 fully saturated rings. The lowest BCUT2D eigenvalue weighted by Gasteiger charge is -2.26. The fourth-order valence-corrected chi connectivity index (χ4v) is 7.32. The molecule has 0 aliphatic rings. The summed E-state index contributed by atoms with van der Waals surface area (Å²) in [5, 5.41) is 2.42. The Balaban J connectivity index is 1.19. The molecule has 0 saturated carbocycles. The number of hydrogen-bond donors (Lipinski definition) is 0. The first-order chi connectivity index (χ1) is 33.9. The van der Waals surface area contributed by atoms with Crippen molar-refractivity contribution in [3.05, 3.63) is 206 Å². The van der Waals surface area contributed by atoms with Crippen LogP contribution in [0.1, 0.15) is 21.9 Å². The highest BCUT2D eigenvalue weighted by Gasteiger charge is 2.20. The summed E-state index contributed by atoms with van der Waals surface area (Å²) in [5.74, 6) is 0. The zero-order valence-electron chi connectivity index (χ0n) is 44.7. The molecular formula is C52H34N2O. The topological polar surface area (TPSA) is 21.3 Å². The number of anilines is 3. The Kier molecular flexibility index (Phi) is 4.39. The first kappa shape index (κ1) is 19.1. The molecule has 0 aliphatic carbocycles. The van der Waals surface area contributed by atoms with Gasteiger partial charge in [0, 0.05) is 49.9 Å². The number of aromatic nitrogens is 1. The first-order valence-corrected chi connectivity index (χ1v) is 17.5. The van der Waals surface area contributed by atoms with E-state index in [1.54, 1.807) is 30.3 Å². The van der Waals surface area contributed by atoms with Crippen LogP contribution in [-0.2, 0) is 0 Å². The van der Waals surface area contributed by atoms with Gasteiger partial charge in [0.15, 0.2) is 0 Å². The second-order valence-electron chi connectivity index (χ2n) is 12.9. The Morgan fingerprint density at radius 3 is 1.82 bits per heavy atom. The molecule has 0 N–H and O–H groups in total. The lowest BCUT2D eigenvalue weighted by molar-refractivity contribution is 0.670. The van der Waals surface area contributed by atoms with E-state index >= 15 is 0 Å². The monoisotopic (exact) mass is 718 g/mol. The smallest absolute Gasteiger partial charge is 0.143 e. The van der Waals surface area contributed by atoms with Crippen molar-refractivity contribution in [2.75, 3.05) is 4.90 Å². The van der Waals surface area contributed by atoms with E-state index in [1.165, 1.54) is 0 Å². The number of fused-ring (bicyclic) bond motifs is 7. The number of hydrogen-bond acceptors (Lipinski definition) is 2. The molecule has 0 amide bonds. The van der Waals surface area contributed by atoms with Crippen molar-refractivity contribution in [3.63, 3.8) is 0 Å². The Hall–Kier alpha value is -7.36. The van der Waals surface area contributed by atoms with E-state index in [-0.39, 0.29) is 5.69 Å². The summed E-state index contributed by atoms with van der Waals surface area (Å²) in [7, 11) is 0. The molecule has 2 heterocycles. The number of rotatable bonds is 6. The Labute approximate surface area is 341 Å². The van der Waals surface area contributed by atoms with Crippen LogP contribution < -0.4 is 4.90 Å². The molecule has 55 heavy (non-hydrogen) atoms. The van der Waals surface area contributed by atoms with Crippen molar-refractivity contribution in [3.8, 4) is 27.9 Å². The minimum absolute atomic E-state index is 0.0510. The first-order valence-electron chi connectivity index (χ1n) is 25.5. The number of benzene rings is 9. The van der Waals surface area contributed by atoms with Gasteiger partial charge in [0.05, 0.1) is 33.0 Å². The number of para-hydroxylation sites is 4. The molecule has 3 heteroatoms. The van der Waals surface area contributed by atoms with Crippen LogP contribution in [0.2, 0.25) is 0 Å². The molecule has 11 rings (SSSR count). The maximum atomic E-state index is 9.63. The van der Waals surface area contributed by atoms with Crippen LogP contribution in [0.25, 0.3) is 82.5 Å². The lowest BCUT2D eigenvalue weighted by Crippen LogP contribution is -2.10. The van der Waals surface area contributed by atoms with E-state index in [9.17, 15) is 9.60 Å². The third kappa shape index (κ3) is 5.20. The van der Waals surface area contributed by atoms with Crippen LogP contribution in [0, 0.1) is 0 Å². The summed E-state index contributed by atoms with van der Waals surface area (Å²) in [6.07, 6.45) is 0. The van der Waals surface area contributed by atoms with Gasteiger partial charge in [-0.15, -0.1) is 0 Å². The highest BCUT2D eigenvalue weighted by atomic mass is 16.3. The summed E-state index contributed by atoms with van der Waals surface area (Å²) in [6.45, 7) is 0. The van der Waals surface area contributed by atoms with Gasteiger partial charge in [-0.3, -0.25) is 0 Å². The minimum atomic E-state index is -0.837.